The second-order valence-corrected chi connectivity index (χ2v) is 4.25. The molecule has 12 heavy (non-hydrogen) atoms. The minimum absolute atomic E-state index is 0.896. The van der Waals surface area contributed by atoms with Crippen LogP contribution in [0, 0.1) is 0 Å². The molecule has 0 rings (SSSR count). The van der Waals surface area contributed by atoms with Crippen LogP contribution in [0.1, 0.15) is 6.92 Å². The molecule has 7 heteroatoms. The van der Waals surface area contributed by atoms with E-state index in [1.165, 1.54) is 0 Å². The molecule has 0 radical (unpaired) electrons. The third kappa shape index (κ3) is 1.73. The van der Waals surface area contributed by atoms with Gasteiger partial charge in [0.2, 0.25) is 0 Å². The summed E-state index contributed by atoms with van der Waals surface area (Å²) in [6, 6.07) is 0. The van der Waals surface area contributed by atoms with Crippen molar-refractivity contribution < 1.29 is 26.9 Å². The van der Waals surface area contributed by atoms with Gasteiger partial charge in [-0.05, 0) is 6.92 Å². The molecular weight excluding hydrogens is 194 g/mol. The Morgan fingerprint density at radius 2 is 1.75 bits per heavy atom. The number of halogens is 2. The van der Waals surface area contributed by atoms with Crippen molar-refractivity contribution in [2.24, 2.45) is 0 Å². The van der Waals surface area contributed by atoms with Crippen LogP contribution < -0.4 is 0 Å². The van der Waals surface area contributed by atoms with Crippen LogP contribution in [0.25, 0.3) is 0 Å². The van der Waals surface area contributed by atoms with E-state index in [1.807, 2.05) is 0 Å². The van der Waals surface area contributed by atoms with Crippen molar-refractivity contribution in [2.75, 3.05) is 13.3 Å². The maximum atomic E-state index is 12.1. The van der Waals surface area contributed by atoms with Gasteiger partial charge >= 0.3 is 0 Å². The van der Waals surface area contributed by atoms with Gasteiger partial charge in [-0.3, -0.25) is 4.55 Å². The van der Waals surface area contributed by atoms with Crippen LogP contribution in [0.15, 0.2) is 0 Å². The molecule has 0 aromatic rings. The van der Waals surface area contributed by atoms with Gasteiger partial charge in [-0.2, -0.15) is 8.42 Å². The third-order valence-electron chi connectivity index (χ3n) is 1.73. The summed E-state index contributed by atoms with van der Waals surface area (Å²) < 4.78 is 50.9. The van der Waals surface area contributed by atoms with E-state index in [0.717, 1.165) is 6.92 Å². The van der Waals surface area contributed by atoms with Crippen LogP contribution in [0.5, 0.6) is 0 Å². The molecule has 0 aliphatic rings. The standard InChI is InChI=1S/C5H10F2O4S/c1-4(8)5(2-6,3-7)12(9,10)11/h4,8H,2-3H2,1H3,(H,9,10,11). The van der Waals surface area contributed by atoms with Gasteiger partial charge in [0, 0.05) is 0 Å². The molecule has 0 spiro atoms. The van der Waals surface area contributed by atoms with E-state index in [1.54, 1.807) is 0 Å². The zero-order valence-corrected chi connectivity index (χ0v) is 7.18. The molecule has 0 aliphatic heterocycles. The van der Waals surface area contributed by atoms with Crippen LogP contribution in [-0.4, -0.2) is 42.3 Å². The number of aliphatic hydroxyl groups is 1. The van der Waals surface area contributed by atoms with E-state index in [0.29, 0.717) is 0 Å². The lowest BCUT2D eigenvalue weighted by Gasteiger charge is -2.26. The molecular formula is C5H10F2O4S. The van der Waals surface area contributed by atoms with E-state index in [2.05, 4.69) is 0 Å². The van der Waals surface area contributed by atoms with Crippen molar-refractivity contribution in [1.82, 2.24) is 0 Å². The summed E-state index contributed by atoms with van der Waals surface area (Å²) >= 11 is 0. The minimum atomic E-state index is -4.93. The molecule has 1 atom stereocenters. The van der Waals surface area contributed by atoms with Gasteiger partial charge < -0.3 is 5.11 Å². The Labute approximate surface area is 69.0 Å². The maximum absolute atomic E-state index is 12.1. The fourth-order valence-electron chi connectivity index (χ4n) is 0.612. The van der Waals surface area contributed by atoms with Crippen LogP contribution in [0.2, 0.25) is 0 Å². The van der Waals surface area contributed by atoms with E-state index < -0.39 is 34.3 Å². The van der Waals surface area contributed by atoms with Crippen molar-refractivity contribution in [3.05, 3.63) is 0 Å². The molecule has 0 amide bonds. The minimum Gasteiger partial charge on any atom is -0.391 e. The Hall–Kier alpha value is -0.270. The van der Waals surface area contributed by atoms with E-state index >= 15 is 0 Å². The molecule has 0 aliphatic carbocycles. The summed E-state index contributed by atoms with van der Waals surface area (Å²) in [6.45, 7) is -2.44. The first-order valence-electron chi connectivity index (χ1n) is 3.09. The topological polar surface area (TPSA) is 74.6 Å². The zero-order chi connectivity index (χ0) is 9.99. The number of aliphatic hydroxyl groups excluding tert-OH is 1. The molecule has 0 aromatic carbocycles. The lowest BCUT2D eigenvalue weighted by Crippen LogP contribution is -2.51. The van der Waals surface area contributed by atoms with Crippen molar-refractivity contribution in [3.8, 4) is 0 Å². The largest absolute Gasteiger partial charge is 0.391 e. The van der Waals surface area contributed by atoms with E-state index in [-0.39, 0.29) is 0 Å². The Kier molecular flexibility index (Phi) is 3.55. The first-order chi connectivity index (χ1) is 5.31. The average molecular weight is 204 g/mol. The van der Waals surface area contributed by atoms with Crippen LogP contribution in [-0.2, 0) is 10.1 Å². The Morgan fingerprint density at radius 3 is 1.75 bits per heavy atom. The summed E-state index contributed by atoms with van der Waals surface area (Å²) in [6.07, 6.45) is -1.80. The molecule has 2 N–H and O–H groups in total. The molecule has 0 heterocycles. The molecule has 0 aromatic heterocycles. The van der Waals surface area contributed by atoms with Crippen LogP contribution in [0.3, 0.4) is 0 Å². The zero-order valence-electron chi connectivity index (χ0n) is 6.37. The fourth-order valence-corrected chi connectivity index (χ4v) is 1.32. The Bertz CT molecular complexity index is 232. The highest BCUT2D eigenvalue weighted by Gasteiger charge is 2.48. The third-order valence-corrected chi connectivity index (χ3v) is 3.31. The normalized spacial score (nSPS) is 16.1. The smallest absolute Gasteiger partial charge is 0.278 e. The van der Waals surface area contributed by atoms with Gasteiger partial charge in [-0.25, -0.2) is 8.78 Å². The van der Waals surface area contributed by atoms with Gasteiger partial charge in [-0.15, -0.1) is 0 Å². The Morgan fingerprint density at radius 1 is 1.42 bits per heavy atom. The molecule has 74 valence electrons. The van der Waals surface area contributed by atoms with Crippen molar-refractivity contribution in [2.45, 2.75) is 17.8 Å². The van der Waals surface area contributed by atoms with Crippen molar-refractivity contribution in [1.29, 1.82) is 0 Å². The predicted octanol–water partition coefficient (Wildman–Crippen LogP) is -0.0672. The highest BCUT2D eigenvalue weighted by atomic mass is 32.2. The molecule has 0 fully saturated rings. The lowest BCUT2D eigenvalue weighted by molar-refractivity contribution is 0.102. The van der Waals surface area contributed by atoms with Crippen molar-refractivity contribution >= 4 is 10.1 Å². The summed E-state index contributed by atoms with van der Waals surface area (Å²) in [7, 11) is -4.93. The van der Waals surface area contributed by atoms with Gasteiger partial charge in [-0.1, -0.05) is 0 Å². The first kappa shape index (κ1) is 11.7. The van der Waals surface area contributed by atoms with Gasteiger partial charge in [0.05, 0.1) is 6.10 Å². The number of hydrogen-bond donors (Lipinski definition) is 2. The lowest BCUT2D eigenvalue weighted by atomic mass is 10.1. The SMILES string of the molecule is CC(O)C(CF)(CF)S(=O)(=O)O. The second-order valence-electron chi connectivity index (χ2n) is 2.48. The van der Waals surface area contributed by atoms with Gasteiger partial charge in [0.15, 0.2) is 4.75 Å². The summed E-state index contributed by atoms with van der Waals surface area (Å²) in [5.41, 5.74) is 0. The van der Waals surface area contributed by atoms with E-state index in [4.69, 9.17) is 9.66 Å². The molecule has 4 nitrogen and oxygen atoms in total. The number of rotatable bonds is 4. The Balaban J connectivity index is 5.12. The fraction of sp³-hybridized carbons (Fsp3) is 1.00. The second kappa shape index (κ2) is 3.63. The quantitative estimate of drug-likeness (QED) is 0.629. The van der Waals surface area contributed by atoms with Crippen molar-refractivity contribution in [3.63, 3.8) is 0 Å². The summed E-state index contributed by atoms with van der Waals surface area (Å²) in [5.74, 6) is 0. The molecule has 0 saturated heterocycles. The summed E-state index contributed by atoms with van der Waals surface area (Å²) in [4.78, 5) is 0. The number of alkyl halides is 2. The van der Waals surface area contributed by atoms with Gasteiger partial charge in [0.1, 0.15) is 13.3 Å². The highest BCUT2D eigenvalue weighted by Crippen LogP contribution is 2.22. The van der Waals surface area contributed by atoms with Crippen LogP contribution in [0.4, 0.5) is 8.78 Å². The molecule has 0 saturated carbocycles. The monoisotopic (exact) mass is 204 g/mol. The molecule has 1 unspecified atom stereocenters. The predicted molar refractivity (Wildman–Crippen MR) is 37.9 cm³/mol. The van der Waals surface area contributed by atoms with Crippen LogP contribution >= 0.6 is 0 Å². The average Bonchev–Trinajstić information content (AvgIpc) is 1.87. The first-order valence-corrected chi connectivity index (χ1v) is 4.53. The molecule has 0 bridgehead atoms. The highest BCUT2D eigenvalue weighted by molar-refractivity contribution is 7.87. The van der Waals surface area contributed by atoms with Gasteiger partial charge in [0.25, 0.3) is 10.1 Å². The summed E-state index contributed by atoms with van der Waals surface area (Å²) in [5, 5.41) is 8.78. The van der Waals surface area contributed by atoms with E-state index in [9.17, 15) is 17.2 Å². The maximum Gasteiger partial charge on any atom is 0.278 e. The number of hydrogen-bond acceptors (Lipinski definition) is 3.